The first-order valence-electron chi connectivity index (χ1n) is 8.97. The Balaban J connectivity index is 2.16. The molecular formula is C21H21ClN2O4S. The van der Waals surface area contributed by atoms with Crippen molar-refractivity contribution in [3.8, 4) is 6.07 Å². The predicted octanol–water partition coefficient (Wildman–Crippen LogP) is 3.88. The number of hydrogen-bond acceptors (Lipinski definition) is 5. The molecule has 8 heteroatoms. The minimum absolute atomic E-state index is 0.125. The zero-order valence-electron chi connectivity index (χ0n) is 16.2. The van der Waals surface area contributed by atoms with Crippen LogP contribution in [0.15, 0.2) is 47.4 Å². The zero-order chi connectivity index (χ0) is 21.4. The molecule has 0 radical (unpaired) electrons. The van der Waals surface area contributed by atoms with Gasteiger partial charge in [0, 0.05) is 23.0 Å². The molecule has 2 aromatic rings. The summed E-state index contributed by atoms with van der Waals surface area (Å²) in [7, 11) is -1.33. The van der Waals surface area contributed by atoms with E-state index in [0.29, 0.717) is 21.4 Å². The van der Waals surface area contributed by atoms with E-state index in [2.05, 4.69) is 0 Å². The molecule has 0 saturated heterocycles. The van der Waals surface area contributed by atoms with Gasteiger partial charge in [-0.25, -0.2) is 4.79 Å². The van der Waals surface area contributed by atoms with Gasteiger partial charge in [0.25, 0.3) is 5.91 Å². The van der Waals surface area contributed by atoms with Crippen LogP contribution in [0.4, 0.5) is 5.69 Å². The van der Waals surface area contributed by atoms with Gasteiger partial charge in [0.05, 0.1) is 33.7 Å². The van der Waals surface area contributed by atoms with Gasteiger partial charge >= 0.3 is 5.97 Å². The van der Waals surface area contributed by atoms with E-state index in [9.17, 15) is 13.8 Å². The molecule has 0 aliphatic carbocycles. The summed E-state index contributed by atoms with van der Waals surface area (Å²) in [6, 6.07) is 13.5. The van der Waals surface area contributed by atoms with Gasteiger partial charge in [0.1, 0.15) is 0 Å². The highest BCUT2D eigenvalue weighted by atomic mass is 35.5. The summed E-state index contributed by atoms with van der Waals surface area (Å²) >= 11 is 6.04. The van der Waals surface area contributed by atoms with Gasteiger partial charge in [-0.3, -0.25) is 9.00 Å². The number of anilines is 1. The zero-order valence-corrected chi connectivity index (χ0v) is 17.8. The maximum Gasteiger partial charge on any atom is 0.339 e. The molecule has 6 nitrogen and oxygen atoms in total. The van der Waals surface area contributed by atoms with Crippen molar-refractivity contribution in [3.05, 3.63) is 58.6 Å². The molecule has 0 spiro atoms. The minimum atomic E-state index is -1.33. The lowest BCUT2D eigenvalue weighted by molar-refractivity contribution is -0.121. The Morgan fingerprint density at radius 3 is 2.62 bits per heavy atom. The average molecular weight is 433 g/mol. The third kappa shape index (κ3) is 5.89. The van der Waals surface area contributed by atoms with Crippen molar-refractivity contribution in [2.75, 3.05) is 23.8 Å². The van der Waals surface area contributed by atoms with E-state index in [1.807, 2.05) is 13.0 Å². The Labute approximate surface area is 177 Å². The van der Waals surface area contributed by atoms with Gasteiger partial charge in [0.15, 0.2) is 6.61 Å². The fourth-order valence-corrected chi connectivity index (χ4v) is 3.68. The van der Waals surface area contributed by atoms with Crippen molar-refractivity contribution < 1.29 is 18.5 Å². The van der Waals surface area contributed by atoms with E-state index >= 15 is 0 Å². The van der Waals surface area contributed by atoms with Gasteiger partial charge in [0.2, 0.25) is 0 Å². The number of benzene rings is 2. The lowest BCUT2D eigenvalue weighted by Gasteiger charge is -2.22. The Kier molecular flexibility index (Phi) is 8.37. The summed E-state index contributed by atoms with van der Waals surface area (Å²) in [5.74, 6) is -0.825. The highest BCUT2D eigenvalue weighted by molar-refractivity contribution is 7.85. The van der Waals surface area contributed by atoms with Gasteiger partial charge in [-0.1, -0.05) is 30.7 Å². The van der Waals surface area contributed by atoms with Crippen LogP contribution in [0.1, 0.15) is 29.3 Å². The van der Waals surface area contributed by atoms with E-state index < -0.39 is 29.3 Å². The van der Waals surface area contributed by atoms with Crippen LogP contribution in [0.3, 0.4) is 0 Å². The van der Waals surface area contributed by atoms with Crippen molar-refractivity contribution in [2.24, 2.45) is 0 Å². The number of esters is 1. The maximum absolute atomic E-state index is 12.7. The second-order valence-corrected chi connectivity index (χ2v) is 8.21. The molecule has 152 valence electrons. The van der Waals surface area contributed by atoms with E-state index in [-0.39, 0.29) is 18.5 Å². The molecular weight excluding hydrogens is 412 g/mol. The number of carbonyl (C=O) groups excluding carboxylic acids is 2. The van der Waals surface area contributed by atoms with Crippen LogP contribution in [0.2, 0.25) is 5.02 Å². The lowest BCUT2D eigenvalue weighted by Crippen LogP contribution is -2.35. The maximum atomic E-state index is 12.7. The summed E-state index contributed by atoms with van der Waals surface area (Å²) in [6.07, 6.45) is 0.125. The van der Waals surface area contributed by atoms with Crippen LogP contribution in [0.5, 0.6) is 0 Å². The summed E-state index contributed by atoms with van der Waals surface area (Å²) in [5.41, 5.74) is 1.52. The smallest absolute Gasteiger partial charge is 0.339 e. The average Bonchev–Trinajstić information content (AvgIpc) is 2.74. The number of halogens is 1. The van der Waals surface area contributed by atoms with Crippen molar-refractivity contribution in [1.82, 2.24) is 0 Å². The van der Waals surface area contributed by atoms with E-state index in [4.69, 9.17) is 21.6 Å². The molecule has 29 heavy (non-hydrogen) atoms. The van der Waals surface area contributed by atoms with Gasteiger partial charge in [-0.15, -0.1) is 0 Å². The largest absolute Gasteiger partial charge is 0.452 e. The van der Waals surface area contributed by atoms with E-state index in [1.54, 1.807) is 43.3 Å². The fraction of sp³-hybridized carbons (Fsp3) is 0.286. The molecule has 1 amide bonds. The summed E-state index contributed by atoms with van der Waals surface area (Å²) in [5, 5.41) is 9.46. The highest BCUT2D eigenvalue weighted by Crippen LogP contribution is 2.23. The molecule has 0 aromatic heterocycles. The van der Waals surface area contributed by atoms with Crippen molar-refractivity contribution >= 4 is 40.0 Å². The van der Waals surface area contributed by atoms with Crippen LogP contribution in [-0.2, 0) is 20.3 Å². The summed E-state index contributed by atoms with van der Waals surface area (Å²) in [4.78, 5) is 26.9. The topological polar surface area (TPSA) is 87.5 Å². The first-order valence-corrected chi connectivity index (χ1v) is 10.7. The summed E-state index contributed by atoms with van der Waals surface area (Å²) in [6.45, 7) is 3.22. The van der Waals surface area contributed by atoms with Gasteiger partial charge in [-0.2, -0.15) is 5.26 Å². The molecule has 0 aliphatic heterocycles. The molecule has 0 bridgehead atoms. The molecule has 0 fully saturated rings. The normalized spacial score (nSPS) is 11.4. The Bertz CT molecular complexity index is 971. The Morgan fingerprint density at radius 1 is 1.24 bits per heavy atom. The minimum Gasteiger partial charge on any atom is -0.452 e. The number of ether oxygens (including phenoxy) is 1. The first kappa shape index (κ1) is 22.6. The predicted molar refractivity (Wildman–Crippen MR) is 112 cm³/mol. The monoisotopic (exact) mass is 432 g/mol. The standard InChI is InChI=1S/C21H21ClN2O4S/c1-3-29(27)19-8-5-4-7-17(19)21(26)28-14-20(25)24(12-6-11-23)16-9-10-18(22)15(2)13-16/h4-5,7-10,13H,3,6,12,14H2,1-2H3. The number of aryl methyl sites for hydroxylation is 1. The summed E-state index contributed by atoms with van der Waals surface area (Å²) < 4.78 is 17.3. The van der Waals surface area contributed by atoms with Crippen molar-refractivity contribution in [2.45, 2.75) is 25.2 Å². The van der Waals surface area contributed by atoms with Crippen LogP contribution in [0.25, 0.3) is 0 Å². The molecule has 0 N–H and O–H groups in total. The number of rotatable bonds is 8. The number of amides is 1. The van der Waals surface area contributed by atoms with E-state index in [1.165, 1.54) is 11.0 Å². The lowest BCUT2D eigenvalue weighted by atomic mass is 10.2. The number of hydrogen-bond donors (Lipinski definition) is 0. The van der Waals surface area contributed by atoms with Crippen LogP contribution >= 0.6 is 11.6 Å². The first-order chi connectivity index (χ1) is 13.9. The van der Waals surface area contributed by atoms with Gasteiger partial charge < -0.3 is 9.64 Å². The molecule has 0 saturated carbocycles. The second kappa shape index (κ2) is 10.7. The Morgan fingerprint density at radius 2 is 1.97 bits per heavy atom. The molecule has 2 aromatic carbocycles. The number of carbonyl (C=O) groups is 2. The van der Waals surface area contributed by atoms with Gasteiger partial charge in [-0.05, 0) is 42.8 Å². The van der Waals surface area contributed by atoms with Crippen LogP contribution in [0, 0.1) is 18.3 Å². The quantitative estimate of drug-likeness (QED) is 0.590. The third-order valence-electron chi connectivity index (χ3n) is 4.14. The second-order valence-electron chi connectivity index (χ2n) is 6.09. The molecule has 0 heterocycles. The third-order valence-corrected chi connectivity index (χ3v) is 5.94. The van der Waals surface area contributed by atoms with Crippen LogP contribution < -0.4 is 4.90 Å². The van der Waals surface area contributed by atoms with Crippen molar-refractivity contribution in [3.63, 3.8) is 0 Å². The number of nitriles is 1. The molecule has 1 unspecified atom stereocenters. The highest BCUT2D eigenvalue weighted by Gasteiger charge is 2.21. The molecule has 0 aliphatic rings. The van der Waals surface area contributed by atoms with Crippen LogP contribution in [-0.4, -0.2) is 35.0 Å². The molecule has 1 atom stereocenters. The number of nitrogens with zero attached hydrogens (tertiary/aromatic N) is 2. The molecule has 2 rings (SSSR count). The Hall–Kier alpha value is -2.69. The van der Waals surface area contributed by atoms with Crippen molar-refractivity contribution in [1.29, 1.82) is 5.26 Å². The SMILES string of the molecule is CCS(=O)c1ccccc1C(=O)OCC(=O)N(CCC#N)c1ccc(Cl)c(C)c1. The van der Waals surface area contributed by atoms with E-state index in [0.717, 1.165) is 5.56 Å². The fourth-order valence-electron chi connectivity index (χ4n) is 2.63.